The molecule has 0 spiro atoms. The summed E-state index contributed by atoms with van der Waals surface area (Å²) in [5.74, 6) is -0.0819. The van der Waals surface area contributed by atoms with Gasteiger partial charge in [0.05, 0.1) is 109 Å². The molecule has 0 bridgehead atoms. The number of carbonyl (C=O) groups excluding carboxylic acids is 2. The van der Waals surface area contributed by atoms with E-state index in [0.29, 0.717) is 50.0 Å². The summed E-state index contributed by atoms with van der Waals surface area (Å²) < 4.78 is 75.0. The van der Waals surface area contributed by atoms with Gasteiger partial charge < -0.3 is 57.2 Å². The standard InChI is InChI=1S/C64H80O14/c1-35-25-49-52(31-58(66)74-49)73-57-30-51-53(78-63(57,4)32-35)26-37(3)60-48(71-51)19-11-10-18-44-45(75-60)20-12-22-47-46(70-44)21-13-23-56-64(5,77-47)33-55-50(72-56)29-54-61(76-55)43(65)28-40(69-54)24-36(2)34-68-62(67)59-41-16-8-6-14-38(41)27-39-15-7-9-17-42(39)59/h6-12,14-17,22,27,35,37,40,43-57,60-61,65H,2,13,18-21,23-26,28-34H2,1,3-5H3/b11-10-,22-12?/t35-,37+,40-,43+,44?,45+,46?,47-,48?,49+,50?,51?,52?,53+,54?,55-,56?,57?,60-,61+,63-,64+/m1/s1. The van der Waals surface area contributed by atoms with Crippen LogP contribution in [0.4, 0.5) is 0 Å². The number of rotatable bonds is 5. The lowest BCUT2D eigenvalue weighted by Gasteiger charge is -2.55. The van der Waals surface area contributed by atoms with Crippen LogP contribution in [0.15, 0.2) is 91.1 Å². The van der Waals surface area contributed by atoms with Crippen molar-refractivity contribution in [3.8, 4) is 0 Å². The normalized spacial score (nSPS) is 44.8. The van der Waals surface area contributed by atoms with Gasteiger partial charge >= 0.3 is 11.9 Å². The molecule has 78 heavy (non-hydrogen) atoms. The highest BCUT2D eigenvalue weighted by Gasteiger charge is 2.57. The van der Waals surface area contributed by atoms with Crippen LogP contribution in [0.3, 0.4) is 0 Å². The molecule has 420 valence electrons. The second-order valence-corrected chi connectivity index (χ2v) is 25.4. The molecule has 0 aromatic heterocycles. The number of esters is 2. The minimum Gasteiger partial charge on any atom is -0.459 e. The number of fused-ring (bicyclic) bond motifs is 11. The van der Waals surface area contributed by atoms with E-state index in [9.17, 15) is 14.7 Å². The Morgan fingerprint density at radius 2 is 1.35 bits per heavy atom. The number of hydrogen-bond donors (Lipinski definition) is 1. The lowest BCUT2D eigenvalue weighted by molar-refractivity contribution is -0.316. The molecule has 9 unspecified atom stereocenters. The molecule has 8 saturated heterocycles. The summed E-state index contributed by atoms with van der Waals surface area (Å²) in [6, 6.07) is 17.9. The first-order valence-electron chi connectivity index (χ1n) is 29.6. The van der Waals surface area contributed by atoms with Gasteiger partial charge in [-0.05, 0) is 123 Å². The number of benzene rings is 3. The lowest BCUT2D eigenvalue weighted by Crippen LogP contribution is -2.65. The molecule has 3 aromatic carbocycles. The van der Waals surface area contributed by atoms with Gasteiger partial charge in [-0.25, -0.2) is 4.79 Å². The third kappa shape index (κ3) is 10.5. The summed E-state index contributed by atoms with van der Waals surface area (Å²) in [7, 11) is 0. The van der Waals surface area contributed by atoms with Crippen LogP contribution in [0, 0.1) is 11.8 Å². The molecule has 14 nitrogen and oxygen atoms in total. The largest absolute Gasteiger partial charge is 0.459 e. The van der Waals surface area contributed by atoms with Crippen molar-refractivity contribution in [2.45, 2.75) is 245 Å². The predicted octanol–water partition coefficient (Wildman–Crippen LogP) is 9.92. The molecule has 10 heterocycles. The average molecular weight is 1070 g/mol. The van der Waals surface area contributed by atoms with Gasteiger partial charge in [0, 0.05) is 25.7 Å². The number of aliphatic hydroxyl groups is 1. The molecule has 14 heteroatoms. The van der Waals surface area contributed by atoms with Crippen molar-refractivity contribution >= 4 is 33.5 Å². The number of hydrogen-bond acceptors (Lipinski definition) is 14. The molecular weight excluding hydrogens is 993 g/mol. The van der Waals surface area contributed by atoms with E-state index < -0.39 is 29.4 Å². The van der Waals surface area contributed by atoms with Crippen molar-refractivity contribution in [1.82, 2.24) is 0 Å². The minimum absolute atomic E-state index is 0.0486. The summed E-state index contributed by atoms with van der Waals surface area (Å²) >= 11 is 0. The Morgan fingerprint density at radius 3 is 2.15 bits per heavy atom. The third-order valence-corrected chi connectivity index (χ3v) is 19.4. The van der Waals surface area contributed by atoms with Gasteiger partial charge in [0.2, 0.25) is 0 Å². The Morgan fingerprint density at radius 1 is 0.654 bits per heavy atom. The van der Waals surface area contributed by atoms with Gasteiger partial charge in [0.1, 0.15) is 31.0 Å². The Hall–Kier alpha value is -4.06. The average Bonchev–Trinajstić information content (AvgIpc) is 3.89. The zero-order valence-electron chi connectivity index (χ0n) is 45.8. The minimum atomic E-state index is -0.745. The van der Waals surface area contributed by atoms with Crippen LogP contribution in [-0.2, 0) is 56.9 Å². The summed E-state index contributed by atoms with van der Waals surface area (Å²) in [4.78, 5) is 26.2. The first-order valence-corrected chi connectivity index (χ1v) is 29.6. The fourth-order valence-electron chi connectivity index (χ4n) is 15.7. The van der Waals surface area contributed by atoms with Crippen LogP contribution in [-0.4, -0.2) is 145 Å². The number of aliphatic hydroxyl groups excluding tert-OH is 1. The Balaban J connectivity index is 0.635. The van der Waals surface area contributed by atoms with Crippen LogP contribution < -0.4 is 0 Å². The Kier molecular flexibility index (Phi) is 14.8. The van der Waals surface area contributed by atoms with E-state index in [1.165, 1.54) is 0 Å². The maximum atomic E-state index is 13.7. The molecule has 22 atom stereocenters. The highest BCUT2D eigenvalue weighted by atomic mass is 16.6. The molecule has 13 rings (SSSR count). The second kappa shape index (κ2) is 21.7. The molecule has 8 fully saturated rings. The first kappa shape index (κ1) is 53.3. The van der Waals surface area contributed by atoms with Crippen molar-refractivity contribution in [3.05, 3.63) is 96.6 Å². The van der Waals surface area contributed by atoms with Crippen molar-refractivity contribution < 1.29 is 66.8 Å². The molecule has 0 saturated carbocycles. The summed E-state index contributed by atoms with van der Waals surface area (Å²) in [5.41, 5.74) is 0.117. The first-order chi connectivity index (χ1) is 37.7. The maximum absolute atomic E-state index is 13.7. The number of ether oxygens (including phenoxy) is 11. The van der Waals surface area contributed by atoms with Crippen LogP contribution in [0.5, 0.6) is 0 Å². The van der Waals surface area contributed by atoms with Crippen LogP contribution in [0.2, 0.25) is 0 Å². The molecule has 10 aliphatic rings. The van der Waals surface area contributed by atoms with Crippen molar-refractivity contribution in [2.24, 2.45) is 11.8 Å². The van der Waals surface area contributed by atoms with Gasteiger partial charge in [-0.1, -0.05) is 93.3 Å². The summed E-state index contributed by atoms with van der Waals surface area (Å²) in [5, 5.41) is 15.3. The van der Waals surface area contributed by atoms with Crippen molar-refractivity contribution in [2.75, 3.05) is 6.61 Å². The smallest absolute Gasteiger partial charge is 0.339 e. The van der Waals surface area contributed by atoms with Crippen molar-refractivity contribution in [1.29, 1.82) is 0 Å². The highest BCUT2D eigenvalue weighted by molar-refractivity contribution is 6.16. The van der Waals surface area contributed by atoms with Gasteiger partial charge in [0.25, 0.3) is 0 Å². The molecule has 10 aliphatic heterocycles. The van der Waals surface area contributed by atoms with Crippen LogP contribution in [0.1, 0.15) is 134 Å². The zero-order chi connectivity index (χ0) is 53.5. The van der Waals surface area contributed by atoms with E-state index in [2.05, 4.69) is 64.6 Å². The predicted molar refractivity (Wildman–Crippen MR) is 290 cm³/mol. The molecule has 3 aromatic rings. The van der Waals surface area contributed by atoms with E-state index in [-0.39, 0.29) is 123 Å². The van der Waals surface area contributed by atoms with E-state index in [4.69, 9.17) is 52.1 Å². The van der Waals surface area contributed by atoms with E-state index in [1.807, 2.05) is 48.5 Å². The molecule has 0 amide bonds. The van der Waals surface area contributed by atoms with E-state index in [0.717, 1.165) is 78.5 Å². The molecular formula is C64H80O14. The number of carbonyl (C=O) groups is 2. The van der Waals surface area contributed by atoms with E-state index in [1.54, 1.807) is 0 Å². The third-order valence-electron chi connectivity index (χ3n) is 19.4. The van der Waals surface area contributed by atoms with Crippen LogP contribution in [0.25, 0.3) is 21.5 Å². The van der Waals surface area contributed by atoms with Gasteiger partial charge in [-0.15, -0.1) is 0 Å². The fraction of sp³-hybridized carbons (Fsp3) is 0.656. The quantitative estimate of drug-likeness (QED) is 0.146. The van der Waals surface area contributed by atoms with Crippen molar-refractivity contribution in [3.63, 3.8) is 0 Å². The highest BCUT2D eigenvalue weighted by Crippen LogP contribution is 2.49. The zero-order valence-corrected chi connectivity index (χ0v) is 45.8. The fourth-order valence-corrected chi connectivity index (χ4v) is 15.7. The maximum Gasteiger partial charge on any atom is 0.339 e. The monoisotopic (exact) mass is 1070 g/mol. The summed E-state index contributed by atoms with van der Waals surface area (Å²) in [6.07, 6.45) is 14.4. The summed E-state index contributed by atoms with van der Waals surface area (Å²) in [6.45, 7) is 13.2. The Bertz CT molecular complexity index is 2720. The van der Waals surface area contributed by atoms with E-state index >= 15 is 0 Å². The van der Waals surface area contributed by atoms with Gasteiger partial charge in [-0.3, -0.25) is 4.79 Å². The van der Waals surface area contributed by atoms with Crippen LogP contribution >= 0.6 is 0 Å². The Labute approximate surface area is 458 Å². The topological polar surface area (TPSA) is 156 Å². The molecule has 1 N–H and O–H groups in total. The lowest BCUT2D eigenvalue weighted by atomic mass is 9.78. The van der Waals surface area contributed by atoms with Gasteiger partial charge in [0.15, 0.2) is 0 Å². The van der Waals surface area contributed by atoms with Gasteiger partial charge in [-0.2, -0.15) is 0 Å². The SMILES string of the molecule is C=C(COC(=O)c1c2ccccc2cc2ccccc12)C[C@@H]1C[C@H](O)[C@@H]2O[C@@H]3C[C@]4(C)O[C@@H]5C=CC[C@@H]6O[C@H]7C(C/C=C\CC6OC5CCCC4OC3CC2O1)OC1CC2OC3CC(=O)O[C@H]3C[C@@H](C)C[C@@]2(C)O[C@H]1C[C@@H]7C. The molecule has 0 aliphatic carbocycles. The molecule has 0 radical (unpaired) electrons. The second-order valence-electron chi connectivity index (χ2n) is 25.4.